The van der Waals surface area contributed by atoms with Crippen molar-refractivity contribution < 1.29 is 4.92 Å². The quantitative estimate of drug-likeness (QED) is 0.517. The van der Waals surface area contributed by atoms with Gasteiger partial charge in [0.25, 0.3) is 0 Å². The van der Waals surface area contributed by atoms with E-state index >= 15 is 0 Å². The highest BCUT2D eigenvalue weighted by Crippen LogP contribution is 2.37. The van der Waals surface area contributed by atoms with Crippen molar-refractivity contribution in [1.82, 2.24) is 4.98 Å². The maximum Gasteiger partial charge on any atom is 0.311 e. The highest BCUT2D eigenvalue weighted by Gasteiger charge is 2.29. The van der Waals surface area contributed by atoms with Gasteiger partial charge in [-0.05, 0) is 30.7 Å². The molecule has 1 fully saturated rings. The fourth-order valence-corrected chi connectivity index (χ4v) is 2.84. The lowest BCUT2D eigenvalue weighted by atomic mass is 9.75. The van der Waals surface area contributed by atoms with Gasteiger partial charge in [0, 0.05) is 12.1 Å². The highest BCUT2D eigenvalue weighted by atomic mass is 35.5. The molecule has 1 unspecified atom stereocenters. The zero-order valence-corrected chi connectivity index (χ0v) is 11.9. The third-order valence-corrected chi connectivity index (χ3v) is 3.79. The molecule has 1 aromatic heterocycles. The summed E-state index contributed by atoms with van der Waals surface area (Å²) in [7, 11) is 0. The summed E-state index contributed by atoms with van der Waals surface area (Å²) >= 11 is 5.82. The molecule has 1 aromatic rings. The Morgan fingerprint density at radius 3 is 2.89 bits per heavy atom. The molecule has 104 valence electrons. The second-order valence-electron chi connectivity index (χ2n) is 5.86. The topological polar surface area (TPSA) is 68.1 Å². The number of aromatic nitrogens is 1. The molecule has 0 aromatic carbocycles. The lowest BCUT2D eigenvalue weighted by Gasteiger charge is -2.35. The molecular weight excluding hydrogens is 266 g/mol. The Hall–Kier alpha value is -1.36. The number of hydrogen-bond acceptors (Lipinski definition) is 4. The summed E-state index contributed by atoms with van der Waals surface area (Å²) < 4.78 is 0. The number of halogens is 1. The Morgan fingerprint density at radius 1 is 1.53 bits per heavy atom. The van der Waals surface area contributed by atoms with Crippen LogP contribution in [0.1, 0.15) is 39.5 Å². The van der Waals surface area contributed by atoms with E-state index in [1.807, 2.05) is 0 Å². The van der Waals surface area contributed by atoms with Crippen LogP contribution in [0.3, 0.4) is 0 Å². The van der Waals surface area contributed by atoms with Crippen molar-refractivity contribution >= 4 is 23.1 Å². The molecule has 0 spiro atoms. The van der Waals surface area contributed by atoms with E-state index in [9.17, 15) is 10.1 Å². The molecule has 1 N–H and O–H groups in total. The van der Waals surface area contributed by atoms with Crippen molar-refractivity contribution in [1.29, 1.82) is 0 Å². The van der Waals surface area contributed by atoms with Crippen LogP contribution < -0.4 is 5.32 Å². The first-order valence-corrected chi connectivity index (χ1v) is 6.83. The molecule has 0 saturated heterocycles. The maximum absolute atomic E-state index is 11.0. The normalized spacial score (nSPS) is 21.9. The van der Waals surface area contributed by atoms with Crippen molar-refractivity contribution in [2.75, 3.05) is 5.32 Å². The van der Waals surface area contributed by atoms with Crippen molar-refractivity contribution in [2.24, 2.45) is 5.41 Å². The second kappa shape index (κ2) is 5.33. The fourth-order valence-electron chi connectivity index (χ4n) is 2.70. The van der Waals surface area contributed by atoms with Crippen molar-refractivity contribution in [3.8, 4) is 0 Å². The molecule has 6 heteroatoms. The monoisotopic (exact) mass is 283 g/mol. The fraction of sp³-hybridized carbons (Fsp3) is 0.615. The Bertz CT molecular complexity index is 491. The number of pyridine rings is 1. The zero-order chi connectivity index (χ0) is 14.0. The minimum absolute atomic E-state index is 0.0206. The lowest BCUT2D eigenvalue weighted by Crippen LogP contribution is -2.32. The molecule has 1 atom stereocenters. The summed E-state index contributed by atoms with van der Waals surface area (Å²) in [5.74, 6) is 0.278. The van der Waals surface area contributed by atoms with Gasteiger partial charge in [-0.15, -0.1) is 0 Å². The van der Waals surface area contributed by atoms with Crippen LogP contribution in [0.2, 0.25) is 5.15 Å². The molecule has 0 radical (unpaired) electrons. The number of nitrogens with zero attached hydrogens (tertiary/aromatic N) is 2. The summed E-state index contributed by atoms with van der Waals surface area (Å²) in [6.45, 7) is 4.45. The van der Waals surface area contributed by atoms with E-state index in [4.69, 9.17) is 11.6 Å². The van der Waals surface area contributed by atoms with Gasteiger partial charge < -0.3 is 5.32 Å². The summed E-state index contributed by atoms with van der Waals surface area (Å²) in [6.07, 6.45) is 4.31. The van der Waals surface area contributed by atoms with Crippen LogP contribution in [0.15, 0.2) is 12.1 Å². The van der Waals surface area contributed by atoms with Crippen LogP contribution in [0.5, 0.6) is 0 Å². The van der Waals surface area contributed by atoms with Gasteiger partial charge in [0.1, 0.15) is 5.15 Å². The van der Waals surface area contributed by atoms with Crippen LogP contribution in [0, 0.1) is 15.5 Å². The van der Waals surface area contributed by atoms with E-state index < -0.39 is 4.92 Å². The lowest BCUT2D eigenvalue weighted by molar-refractivity contribution is -0.384. The van der Waals surface area contributed by atoms with Crippen LogP contribution in [-0.2, 0) is 0 Å². The van der Waals surface area contributed by atoms with Crippen molar-refractivity contribution in [3.63, 3.8) is 0 Å². The number of nitro groups is 1. The Balaban J connectivity index is 2.18. The van der Waals surface area contributed by atoms with Gasteiger partial charge in [-0.3, -0.25) is 10.1 Å². The predicted molar refractivity (Wildman–Crippen MR) is 75.6 cm³/mol. The second-order valence-corrected chi connectivity index (χ2v) is 6.25. The first-order chi connectivity index (χ1) is 8.87. The van der Waals surface area contributed by atoms with Gasteiger partial charge in [-0.2, -0.15) is 0 Å². The maximum atomic E-state index is 11.0. The average molecular weight is 284 g/mol. The summed E-state index contributed by atoms with van der Waals surface area (Å²) in [6, 6.07) is 3.05. The van der Waals surface area contributed by atoms with E-state index in [0.717, 1.165) is 19.3 Å². The molecule has 1 aliphatic carbocycles. The SMILES string of the molecule is CC1(C)CCCC(Nc2nc(Cl)ccc2[N+](=O)[O-])C1. The first kappa shape index (κ1) is 14.1. The van der Waals surface area contributed by atoms with E-state index in [1.165, 1.54) is 18.6 Å². The van der Waals surface area contributed by atoms with E-state index in [0.29, 0.717) is 0 Å². The van der Waals surface area contributed by atoms with Crippen LogP contribution in [0.25, 0.3) is 0 Å². The molecule has 5 nitrogen and oxygen atoms in total. The molecule has 0 aliphatic heterocycles. The predicted octanol–water partition coefficient (Wildman–Crippen LogP) is 4.02. The molecule has 19 heavy (non-hydrogen) atoms. The molecule has 0 bridgehead atoms. The molecule has 1 heterocycles. The standard InChI is InChI=1S/C13H18ClN3O2/c1-13(2)7-3-4-9(8-13)15-12-10(17(18)19)5-6-11(14)16-12/h5-6,9H,3-4,7-8H2,1-2H3,(H,15,16). The minimum atomic E-state index is -0.431. The molecular formula is C13H18ClN3O2. The highest BCUT2D eigenvalue weighted by molar-refractivity contribution is 6.29. The van der Waals surface area contributed by atoms with Gasteiger partial charge in [-0.1, -0.05) is 31.9 Å². The molecule has 1 saturated carbocycles. The third-order valence-electron chi connectivity index (χ3n) is 3.58. The van der Waals surface area contributed by atoms with E-state index in [1.54, 1.807) is 0 Å². The summed E-state index contributed by atoms with van der Waals surface area (Å²) in [5.41, 5.74) is 0.247. The van der Waals surface area contributed by atoms with Gasteiger partial charge in [0.05, 0.1) is 4.92 Å². The largest absolute Gasteiger partial charge is 0.362 e. The van der Waals surface area contributed by atoms with E-state index in [-0.39, 0.29) is 28.1 Å². The number of hydrogen-bond donors (Lipinski definition) is 1. The number of rotatable bonds is 3. The van der Waals surface area contributed by atoms with Crippen LogP contribution >= 0.6 is 11.6 Å². The van der Waals surface area contributed by atoms with Gasteiger partial charge in [0.2, 0.25) is 5.82 Å². The average Bonchev–Trinajstić information content (AvgIpc) is 2.27. The van der Waals surface area contributed by atoms with Crippen molar-refractivity contribution in [3.05, 3.63) is 27.4 Å². The van der Waals surface area contributed by atoms with Gasteiger partial charge >= 0.3 is 5.69 Å². The number of nitrogens with one attached hydrogen (secondary N) is 1. The molecule has 2 rings (SSSR count). The Morgan fingerprint density at radius 2 is 2.26 bits per heavy atom. The Kier molecular flexibility index (Phi) is 3.94. The summed E-state index contributed by atoms with van der Waals surface area (Å²) in [4.78, 5) is 14.6. The molecule has 1 aliphatic rings. The Labute approximate surface area is 117 Å². The van der Waals surface area contributed by atoms with Gasteiger partial charge in [0.15, 0.2) is 0 Å². The summed E-state index contributed by atoms with van der Waals surface area (Å²) in [5, 5.41) is 14.4. The van der Waals surface area contributed by atoms with Crippen LogP contribution in [-0.4, -0.2) is 15.9 Å². The number of anilines is 1. The van der Waals surface area contributed by atoms with E-state index in [2.05, 4.69) is 24.1 Å². The third kappa shape index (κ3) is 3.56. The van der Waals surface area contributed by atoms with Crippen LogP contribution in [0.4, 0.5) is 11.5 Å². The zero-order valence-electron chi connectivity index (χ0n) is 11.1. The molecule has 0 amide bonds. The van der Waals surface area contributed by atoms with Crippen molar-refractivity contribution in [2.45, 2.75) is 45.6 Å². The smallest absolute Gasteiger partial charge is 0.311 e. The minimum Gasteiger partial charge on any atom is -0.362 e. The first-order valence-electron chi connectivity index (χ1n) is 6.45. The van der Waals surface area contributed by atoms with Gasteiger partial charge in [-0.25, -0.2) is 4.98 Å².